The normalized spacial score (nSPS) is 23.0. The topological polar surface area (TPSA) is 32.3 Å². The molecule has 3 rings (SSSR count). The number of nitrogens with one attached hydrogen (secondary N) is 1. The standard InChI is InChI=1S/C19H29NO/c1-2-18(20-17-12-13-17)19(21)16-10-8-15(9-11-16)14-6-4-3-5-7-14/h8-11,14,17-21H,2-7,12-13H2,1H3. The molecule has 0 bridgehead atoms. The number of hydrogen-bond donors (Lipinski definition) is 2. The average Bonchev–Trinajstić information content (AvgIpc) is 3.37. The van der Waals surface area contributed by atoms with Gasteiger partial charge >= 0.3 is 0 Å². The Morgan fingerprint density at radius 2 is 1.71 bits per heavy atom. The SMILES string of the molecule is CCC(NC1CC1)C(O)c1ccc(C2CCCCC2)cc1. The highest BCUT2D eigenvalue weighted by Gasteiger charge is 2.28. The molecule has 116 valence electrons. The van der Waals surface area contributed by atoms with Crippen LogP contribution in [0.5, 0.6) is 0 Å². The first-order chi connectivity index (χ1) is 10.3. The highest BCUT2D eigenvalue weighted by Crippen LogP contribution is 2.33. The summed E-state index contributed by atoms with van der Waals surface area (Å²) in [6, 6.07) is 9.62. The van der Waals surface area contributed by atoms with Gasteiger partial charge in [0.05, 0.1) is 6.10 Å². The fraction of sp³-hybridized carbons (Fsp3) is 0.684. The quantitative estimate of drug-likeness (QED) is 0.817. The molecule has 2 nitrogen and oxygen atoms in total. The first-order valence-electron chi connectivity index (χ1n) is 8.82. The molecule has 2 aliphatic rings. The second-order valence-electron chi connectivity index (χ2n) is 6.90. The fourth-order valence-corrected chi connectivity index (χ4v) is 3.62. The summed E-state index contributed by atoms with van der Waals surface area (Å²) in [5.74, 6) is 0.747. The molecule has 2 atom stereocenters. The van der Waals surface area contributed by atoms with Gasteiger partial charge < -0.3 is 10.4 Å². The number of aliphatic hydroxyl groups excluding tert-OH is 1. The van der Waals surface area contributed by atoms with Crippen LogP contribution in [0.1, 0.15) is 81.4 Å². The van der Waals surface area contributed by atoms with Gasteiger partial charge in [0.1, 0.15) is 0 Å². The maximum Gasteiger partial charge on any atom is 0.0942 e. The van der Waals surface area contributed by atoms with E-state index in [9.17, 15) is 5.11 Å². The van der Waals surface area contributed by atoms with E-state index in [4.69, 9.17) is 0 Å². The largest absolute Gasteiger partial charge is 0.387 e. The Morgan fingerprint density at radius 3 is 2.29 bits per heavy atom. The van der Waals surface area contributed by atoms with Crippen LogP contribution in [0.4, 0.5) is 0 Å². The second-order valence-corrected chi connectivity index (χ2v) is 6.90. The van der Waals surface area contributed by atoms with E-state index in [1.165, 1.54) is 50.5 Å². The lowest BCUT2D eigenvalue weighted by molar-refractivity contribution is 0.125. The molecule has 0 spiro atoms. The van der Waals surface area contributed by atoms with Crippen LogP contribution in [-0.2, 0) is 0 Å². The van der Waals surface area contributed by atoms with E-state index in [1.807, 2.05) is 0 Å². The van der Waals surface area contributed by atoms with E-state index < -0.39 is 0 Å². The summed E-state index contributed by atoms with van der Waals surface area (Å²) in [6.07, 6.45) is 9.95. The van der Waals surface area contributed by atoms with Crippen LogP contribution in [0.2, 0.25) is 0 Å². The summed E-state index contributed by atoms with van der Waals surface area (Å²) in [7, 11) is 0. The number of benzene rings is 1. The van der Waals surface area contributed by atoms with Crippen molar-refractivity contribution < 1.29 is 5.11 Å². The summed E-state index contributed by atoms with van der Waals surface area (Å²) in [4.78, 5) is 0. The minimum absolute atomic E-state index is 0.193. The third-order valence-electron chi connectivity index (χ3n) is 5.20. The summed E-state index contributed by atoms with van der Waals surface area (Å²) in [6.45, 7) is 2.15. The van der Waals surface area contributed by atoms with Crippen molar-refractivity contribution in [3.63, 3.8) is 0 Å². The van der Waals surface area contributed by atoms with E-state index >= 15 is 0 Å². The lowest BCUT2D eigenvalue weighted by Gasteiger charge is -2.25. The molecule has 2 aliphatic carbocycles. The third kappa shape index (κ3) is 3.87. The molecular formula is C19H29NO. The van der Waals surface area contributed by atoms with Gasteiger partial charge in [-0.2, -0.15) is 0 Å². The van der Waals surface area contributed by atoms with Crippen LogP contribution < -0.4 is 5.32 Å². The van der Waals surface area contributed by atoms with Crippen LogP contribution in [0.15, 0.2) is 24.3 Å². The zero-order valence-electron chi connectivity index (χ0n) is 13.2. The number of hydrogen-bond acceptors (Lipinski definition) is 2. The molecule has 2 N–H and O–H groups in total. The van der Waals surface area contributed by atoms with Crippen LogP contribution >= 0.6 is 0 Å². The van der Waals surface area contributed by atoms with Gasteiger partial charge in [0.25, 0.3) is 0 Å². The van der Waals surface area contributed by atoms with E-state index in [-0.39, 0.29) is 12.1 Å². The Hall–Kier alpha value is -0.860. The van der Waals surface area contributed by atoms with Crippen LogP contribution in [0.3, 0.4) is 0 Å². The molecule has 2 fully saturated rings. The molecule has 0 aromatic heterocycles. The van der Waals surface area contributed by atoms with E-state index in [2.05, 4.69) is 36.5 Å². The minimum atomic E-state index is -0.379. The second kappa shape index (κ2) is 6.93. The van der Waals surface area contributed by atoms with Crippen molar-refractivity contribution in [3.8, 4) is 0 Å². The van der Waals surface area contributed by atoms with E-state index in [0.717, 1.165) is 17.9 Å². The molecule has 0 aliphatic heterocycles. The van der Waals surface area contributed by atoms with Gasteiger partial charge in [-0.15, -0.1) is 0 Å². The first kappa shape index (κ1) is 15.1. The molecule has 1 aromatic carbocycles. The molecule has 0 amide bonds. The number of rotatable bonds is 6. The van der Waals surface area contributed by atoms with Gasteiger partial charge in [-0.3, -0.25) is 0 Å². The highest BCUT2D eigenvalue weighted by atomic mass is 16.3. The van der Waals surface area contributed by atoms with Gasteiger partial charge in [0.15, 0.2) is 0 Å². The first-order valence-corrected chi connectivity index (χ1v) is 8.82. The van der Waals surface area contributed by atoms with Crippen LogP contribution in [0, 0.1) is 0 Å². The Balaban J connectivity index is 1.64. The van der Waals surface area contributed by atoms with Crippen molar-refractivity contribution in [1.82, 2.24) is 5.32 Å². The smallest absolute Gasteiger partial charge is 0.0942 e. The third-order valence-corrected chi connectivity index (χ3v) is 5.20. The fourth-order valence-electron chi connectivity index (χ4n) is 3.62. The zero-order valence-corrected chi connectivity index (χ0v) is 13.2. The van der Waals surface area contributed by atoms with Crippen molar-refractivity contribution in [2.45, 2.75) is 82.4 Å². The Morgan fingerprint density at radius 1 is 1.05 bits per heavy atom. The van der Waals surface area contributed by atoms with Gasteiger partial charge in [-0.25, -0.2) is 0 Å². The van der Waals surface area contributed by atoms with E-state index in [0.29, 0.717) is 6.04 Å². The lowest BCUT2D eigenvalue weighted by atomic mass is 9.83. The van der Waals surface area contributed by atoms with Crippen LogP contribution in [0.25, 0.3) is 0 Å². The van der Waals surface area contributed by atoms with Gasteiger partial charge in [0, 0.05) is 12.1 Å². The minimum Gasteiger partial charge on any atom is -0.387 e. The van der Waals surface area contributed by atoms with Crippen molar-refractivity contribution in [1.29, 1.82) is 0 Å². The van der Waals surface area contributed by atoms with Gasteiger partial charge in [-0.1, -0.05) is 50.5 Å². The summed E-state index contributed by atoms with van der Waals surface area (Å²) in [5, 5.41) is 14.2. The van der Waals surface area contributed by atoms with Gasteiger partial charge in [-0.05, 0) is 49.1 Å². The van der Waals surface area contributed by atoms with Crippen molar-refractivity contribution in [3.05, 3.63) is 35.4 Å². The van der Waals surface area contributed by atoms with Crippen molar-refractivity contribution >= 4 is 0 Å². The highest BCUT2D eigenvalue weighted by molar-refractivity contribution is 5.27. The Kier molecular flexibility index (Phi) is 4.97. The molecule has 2 saturated carbocycles. The predicted octanol–water partition coefficient (Wildman–Crippen LogP) is 4.30. The predicted molar refractivity (Wildman–Crippen MR) is 87.5 cm³/mol. The van der Waals surface area contributed by atoms with E-state index in [1.54, 1.807) is 0 Å². The Labute approximate surface area is 129 Å². The average molecular weight is 287 g/mol. The Bertz CT molecular complexity index is 431. The molecule has 0 radical (unpaired) electrons. The summed E-state index contributed by atoms with van der Waals surface area (Å²) in [5.41, 5.74) is 2.53. The molecular weight excluding hydrogens is 258 g/mol. The van der Waals surface area contributed by atoms with Gasteiger partial charge in [0.2, 0.25) is 0 Å². The summed E-state index contributed by atoms with van der Waals surface area (Å²) < 4.78 is 0. The molecule has 21 heavy (non-hydrogen) atoms. The molecule has 0 saturated heterocycles. The molecule has 2 heteroatoms. The van der Waals surface area contributed by atoms with Crippen LogP contribution in [-0.4, -0.2) is 17.2 Å². The van der Waals surface area contributed by atoms with Crippen molar-refractivity contribution in [2.24, 2.45) is 0 Å². The lowest BCUT2D eigenvalue weighted by Crippen LogP contribution is -2.35. The maximum absolute atomic E-state index is 10.6. The molecule has 1 aromatic rings. The molecule has 2 unspecified atom stereocenters. The maximum atomic E-state index is 10.6. The molecule has 0 heterocycles. The monoisotopic (exact) mass is 287 g/mol. The van der Waals surface area contributed by atoms with Crippen molar-refractivity contribution in [2.75, 3.05) is 0 Å². The summed E-state index contributed by atoms with van der Waals surface area (Å²) >= 11 is 0. The number of aliphatic hydroxyl groups is 1. The zero-order chi connectivity index (χ0) is 14.7.